The first kappa shape index (κ1) is 16.0. The largest absolute Gasteiger partial charge is 0.487 e. The maximum Gasteiger partial charge on any atom is 0.240 e. The fraction of sp³-hybridized carbons (Fsp3) is 0.278. The Morgan fingerprint density at radius 3 is 2.67 bits per heavy atom. The van der Waals surface area contributed by atoms with Gasteiger partial charge in [-0.15, -0.1) is 0 Å². The molecule has 1 aliphatic heterocycles. The minimum absolute atomic E-state index is 0.123. The van der Waals surface area contributed by atoms with Crippen molar-refractivity contribution in [1.29, 1.82) is 0 Å². The highest BCUT2D eigenvalue weighted by Crippen LogP contribution is 2.23. The van der Waals surface area contributed by atoms with E-state index in [4.69, 9.17) is 10.5 Å². The summed E-state index contributed by atoms with van der Waals surface area (Å²) in [6.45, 7) is 0.341. The van der Waals surface area contributed by atoms with Crippen molar-refractivity contribution < 1.29 is 14.3 Å². The number of pyridine rings is 1. The number of hydrogen-bond acceptors (Lipinski definition) is 4. The molecule has 2 aromatic rings. The van der Waals surface area contributed by atoms with Crippen LogP contribution in [0, 0.1) is 0 Å². The van der Waals surface area contributed by atoms with Crippen LogP contribution < -0.4 is 10.5 Å². The van der Waals surface area contributed by atoms with Crippen molar-refractivity contribution in [2.45, 2.75) is 25.0 Å². The van der Waals surface area contributed by atoms with Crippen LogP contribution in [0.5, 0.6) is 5.75 Å². The van der Waals surface area contributed by atoms with Crippen LogP contribution in [-0.2, 0) is 16.0 Å². The third-order valence-corrected chi connectivity index (χ3v) is 4.05. The molecule has 0 bridgehead atoms. The molecule has 2 amide bonds. The van der Waals surface area contributed by atoms with Gasteiger partial charge in [-0.2, -0.15) is 0 Å². The minimum Gasteiger partial charge on any atom is -0.487 e. The molecule has 0 saturated carbocycles. The Balaban J connectivity index is 1.69. The topological polar surface area (TPSA) is 85.5 Å². The van der Waals surface area contributed by atoms with Crippen molar-refractivity contribution in [3.05, 3.63) is 60.4 Å². The summed E-state index contributed by atoms with van der Waals surface area (Å²) in [6, 6.07) is 12.4. The number of hydrogen-bond donors (Lipinski definition) is 1. The minimum atomic E-state index is -0.636. The van der Waals surface area contributed by atoms with E-state index >= 15 is 0 Å². The van der Waals surface area contributed by atoms with E-state index < -0.39 is 11.9 Å². The zero-order chi connectivity index (χ0) is 16.9. The van der Waals surface area contributed by atoms with Crippen molar-refractivity contribution in [2.24, 2.45) is 5.73 Å². The fourth-order valence-corrected chi connectivity index (χ4v) is 2.91. The Morgan fingerprint density at radius 1 is 1.21 bits per heavy atom. The number of amides is 2. The summed E-state index contributed by atoms with van der Waals surface area (Å²) in [5.41, 5.74) is 6.38. The first-order chi connectivity index (χ1) is 11.6. The van der Waals surface area contributed by atoms with Gasteiger partial charge < -0.3 is 15.4 Å². The maximum atomic E-state index is 12.6. The highest BCUT2D eigenvalue weighted by Gasteiger charge is 2.39. The van der Waals surface area contributed by atoms with Gasteiger partial charge in [-0.3, -0.25) is 14.6 Å². The van der Waals surface area contributed by atoms with Crippen LogP contribution in [0.3, 0.4) is 0 Å². The number of nitrogens with two attached hydrogens (primary N) is 1. The molecule has 1 aliphatic rings. The molecule has 0 radical (unpaired) electrons. The van der Waals surface area contributed by atoms with E-state index in [1.807, 2.05) is 30.3 Å². The Kier molecular flexibility index (Phi) is 4.74. The second-order valence-corrected chi connectivity index (χ2v) is 5.79. The van der Waals surface area contributed by atoms with Crippen molar-refractivity contribution in [1.82, 2.24) is 9.88 Å². The normalized spacial score (nSPS) is 19.9. The van der Waals surface area contributed by atoms with Gasteiger partial charge in [-0.25, -0.2) is 0 Å². The van der Waals surface area contributed by atoms with Gasteiger partial charge in [0.25, 0.3) is 0 Å². The third kappa shape index (κ3) is 3.71. The highest BCUT2D eigenvalue weighted by atomic mass is 16.5. The van der Waals surface area contributed by atoms with Gasteiger partial charge in [0.1, 0.15) is 17.9 Å². The molecule has 2 atom stereocenters. The zero-order valence-corrected chi connectivity index (χ0v) is 13.2. The number of rotatable bonds is 5. The van der Waals surface area contributed by atoms with E-state index in [-0.39, 0.29) is 18.4 Å². The summed E-state index contributed by atoms with van der Waals surface area (Å²) >= 11 is 0. The molecule has 1 fully saturated rings. The number of ether oxygens (including phenoxy) is 1. The predicted octanol–water partition coefficient (Wildman–Crippen LogP) is 1.16. The fourth-order valence-electron chi connectivity index (χ4n) is 2.91. The molecule has 24 heavy (non-hydrogen) atoms. The van der Waals surface area contributed by atoms with E-state index in [0.717, 1.165) is 5.56 Å². The van der Waals surface area contributed by atoms with Crippen LogP contribution in [0.4, 0.5) is 0 Å². The summed E-state index contributed by atoms with van der Waals surface area (Å²) in [5, 5.41) is 0. The number of primary amides is 1. The van der Waals surface area contributed by atoms with Crippen LogP contribution in [0.2, 0.25) is 0 Å². The number of benzene rings is 1. The summed E-state index contributed by atoms with van der Waals surface area (Å²) in [6.07, 6.45) is 3.62. The Morgan fingerprint density at radius 2 is 2.00 bits per heavy atom. The van der Waals surface area contributed by atoms with Gasteiger partial charge in [0.2, 0.25) is 11.8 Å². The molecule has 2 N–H and O–H groups in total. The average Bonchev–Trinajstić information content (AvgIpc) is 3.01. The SMILES string of the molecule is NC(=O)[C@@H]1C[C@H](Oc2cccnc2)CN1C(=O)Cc1ccccc1. The summed E-state index contributed by atoms with van der Waals surface area (Å²) in [7, 11) is 0. The number of nitrogens with zero attached hydrogens (tertiary/aromatic N) is 2. The molecule has 2 heterocycles. The van der Waals surface area contributed by atoms with E-state index in [1.54, 1.807) is 24.5 Å². The lowest BCUT2D eigenvalue weighted by Gasteiger charge is -2.22. The molecule has 0 unspecified atom stereocenters. The third-order valence-electron chi connectivity index (χ3n) is 4.05. The predicted molar refractivity (Wildman–Crippen MR) is 88.1 cm³/mol. The van der Waals surface area contributed by atoms with Crippen LogP contribution in [0.1, 0.15) is 12.0 Å². The smallest absolute Gasteiger partial charge is 0.240 e. The molecule has 3 rings (SSSR count). The molecule has 1 aromatic carbocycles. The van der Waals surface area contributed by atoms with Crippen molar-refractivity contribution >= 4 is 11.8 Å². The monoisotopic (exact) mass is 325 g/mol. The lowest BCUT2D eigenvalue weighted by molar-refractivity contribution is -0.136. The second-order valence-electron chi connectivity index (χ2n) is 5.79. The Hall–Kier alpha value is -2.89. The van der Waals surface area contributed by atoms with Gasteiger partial charge in [0, 0.05) is 12.6 Å². The lowest BCUT2D eigenvalue weighted by atomic mass is 10.1. The van der Waals surface area contributed by atoms with Gasteiger partial charge in [-0.05, 0) is 17.7 Å². The van der Waals surface area contributed by atoms with E-state index in [9.17, 15) is 9.59 Å². The summed E-state index contributed by atoms with van der Waals surface area (Å²) in [4.78, 5) is 29.8. The number of carbonyl (C=O) groups is 2. The quantitative estimate of drug-likeness (QED) is 0.894. The highest BCUT2D eigenvalue weighted by molar-refractivity contribution is 5.88. The standard InChI is InChI=1S/C18H19N3O3/c19-18(23)16-10-15(24-14-7-4-8-20-11-14)12-21(16)17(22)9-13-5-2-1-3-6-13/h1-8,11,15-16H,9-10,12H2,(H2,19,23)/t15-,16-/m0/s1. The maximum absolute atomic E-state index is 12.6. The number of carbonyl (C=O) groups excluding carboxylic acids is 2. The first-order valence-electron chi connectivity index (χ1n) is 7.83. The Labute approximate surface area is 140 Å². The molecular formula is C18H19N3O3. The van der Waals surface area contributed by atoms with Crippen molar-refractivity contribution in [3.63, 3.8) is 0 Å². The van der Waals surface area contributed by atoms with Crippen molar-refractivity contribution in [2.75, 3.05) is 6.54 Å². The van der Waals surface area contributed by atoms with Crippen LogP contribution in [-0.4, -0.2) is 40.4 Å². The lowest BCUT2D eigenvalue weighted by Crippen LogP contribution is -2.44. The molecule has 0 aliphatic carbocycles. The van der Waals surface area contributed by atoms with E-state index in [2.05, 4.69) is 4.98 Å². The summed E-state index contributed by atoms with van der Waals surface area (Å²) < 4.78 is 5.82. The molecular weight excluding hydrogens is 306 g/mol. The van der Waals surface area contributed by atoms with Crippen LogP contribution in [0.15, 0.2) is 54.9 Å². The van der Waals surface area contributed by atoms with Crippen molar-refractivity contribution in [3.8, 4) is 5.75 Å². The summed E-state index contributed by atoms with van der Waals surface area (Å²) in [5.74, 6) is -0.0148. The zero-order valence-electron chi connectivity index (χ0n) is 13.2. The molecule has 1 aromatic heterocycles. The molecule has 0 spiro atoms. The molecule has 6 heteroatoms. The number of aromatic nitrogens is 1. The van der Waals surface area contributed by atoms with E-state index in [1.165, 1.54) is 4.90 Å². The van der Waals surface area contributed by atoms with Gasteiger partial charge in [0.05, 0.1) is 19.2 Å². The number of likely N-dealkylation sites (tertiary alicyclic amines) is 1. The molecule has 6 nitrogen and oxygen atoms in total. The van der Waals surface area contributed by atoms with Crippen LogP contribution >= 0.6 is 0 Å². The van der Waals surface area contributed by atoms with E-state index in [0.29, 0.717) is 18.7 Å². The molecule has 1 saturated heterocycles. The van der Waals surface area contributed by atoms with Gasteiger partial charge >= 0.3 is 0 Å². The van der Waals surface area contributed by atoms with Gasteiger partial charge in [-0.1, -0.05) is 30.3 Å². The molecule has 124 valence electrons. The van der Waals surface area contributed by atoms with Crippen LogP contribution in [0.25, 0.3) is 0 Å². The first-order valence-corrected chi connectivity index (χ1v) is 7.83. The van der Waals surface area contributed by atoms with Gasteiger partial charge in [0.15, 0.2) is 0 Å². The second kappa shape index (κ2) is 7.12. The Bertz CT molecular complexity index is 706. The average molecular weight is 325 g/mol.